The number of carbonyl (C=O) groups excluding carboxylic acids is 1. The second-order valence-electron chi connectivity index (χ2n) is 4.32. The van der Waals surface area contributed by atoms with Gasteiger partial charge in [0.15, 0.2) is 0 Å². The molecule has 0 bridgehead atoms. The number of rotatable bonds is 3. The third-order valence-corrected chi connectivity index (χ3v) is 3.28. The highest BCUT2D eigenvalue weighted by atomic mass is 79.9. The number of para-hydroxylation sites is 2. The van der Waals surface area contributed by atoms with E-state index in [1.807, 2.05) is 30.5 Å². The van der Waals surface area contributed by atoms with E-state index in [9.17, 15) is 4.79 Å². The summed E-state index contributed by atoms with van der Waals surface area (Å²) in [4.78, 5) is 16.2. The fourth-order valence-electron chi connectivity index (χ4n) is 1.90. The maximum atomic E-state index is 12.2. The number of hydrogen-bond donors (Lipinski definition) is 1. The summed E-state index contributed by atoms with van der Waals surface area (Å²) in [5.74, 6) is -0.207. The zero-order valence-corrected chi connectivity index (χ0v) is 12.5. The minimum absolute atomic E-state index is 0.207. The van der Waals surface area contributed by atoms with Crippen molar-refractivity contribution in [2.45, 2.75) is 0 Å². The average Bonchev–Trinajstić information content (AvgIpc) is 2.95. The molecule has 3 aromatic rings. The number of benzene rings is 1. The number of nitrogens with one attached hydrogen (secondary N) is 1. The maximum Gasteiger partial charge on any atom is 0.257 e. The van der Waals surface area contributed by atoms with Gasteiger partial charge in [0.2, 0.25) is 0 Å². The van der Waals surface area contributed by atoms with Crippen molar-refractivity contribution >= 4 is 27.5 Å². The van der Waals surface area contributed by atoms with Crippen molar-refractivity contribution in [3.05, 3.63) is 71.2 Å². The lowest BCUT2D eigenvalue weighted by Gasteiger charge is -2.10. The Morgan fingerprint density at radius 2 is 2.00 bits per heavy atom. The summed E-state index contributed by atoms with van der Waals surface area (Å²) in [7, 11) is 0. The minimum atomic E-state index is -0.207. The van der Waals surface area contributed by atoms with Gasteiger partial charge in [0.1, 0.15) is 0 Å². The van der Waals surface area contributed by atoms with E-state index in [1.54, 1.807) is 29.2 Å². The molecule has 21 heavy (non-hydrogen) atoms. The smallest absolute Gasteiger partial charge is 0.257 e. The van der Waals surface area contributed by atoms with Gasteiger partial charge in [0.25, 0.3) is 5.91 Å². The lowest BCUT2D eigenvalue weighted by Crippen LogP contribution is -2.14. The molecule has 0 spiro atoms. The van der Waals surface area contributed by atoms with Crippen LogP contribution in [-0.2, 0) is 0 Å². The second kappa shape index (κ2) is 5.88. The SMILES string of the molecule is O=C(Nc1ccccc1-n1cc(Br)cn1)c1cccnc1. The van der Waals surface area contributed by atoms with Crippen LogP contribution in [-0.4, -0.2) is 20.7 Å². The van der Waals surface area contributed by atoms with Crippen LogP contribution in [0.3, 0.4) is 0 Å². The third kappa shape index (κ3) is 3.00. The van der Waals surface area contributed by atoms with E-state index in [0.29, 0.717) is 11.3 Å². The first kappa shape index (κ1) is 13.5. The summed E-state index contributed by atoms with van der Waals surface area (Å²) in [5.41, 5.74) is 1.98. The van der Waals surface area contributed by atoms with Gasteiger partial charge >= 0.3 is 0 Å². The zero-order valence-electron chi connectivity index (χ0n) is 10.9. The Morgan fingerprint density at radius 3 is 2.71 bits per heavy atom. The molecule has 0 fully saturated rings. The van der Waals surface area contributed by atoms with Crippen molar-refractivity contribution in [2.24, 2.45) is 0 Å². The monoisotopic (exact) mass is 342 g/mol. The van der Waals surface area contributed by atoms with Gasteiger partial charge in [-0.05, 0) is 40.2 Å². The molecule has 0 aliphatic carbocycles. The number of hydrogen-bond acceptors (Lipinski definition) is 3. The van der Waals surface area contributed by atoms with Crippen molar-refractivity contribution in [1.29, 1.82) is 0 Å². The van der Waals surface area contributed by atoms with Gasteiger partial charge in [0, 0.05) is 18.6 Å². The van der Waals surface area contributed by atoms with Crippen molar-refractivity contribution in [3.8, 4) is 5.69 Å². The van der Waals surface area contributed by atoms with E-state index in [4.69, 9.17) is 0 Å². The molecule has 0 radical (unpaired) electrons. The summed E-state index contributed by atoms with van der Waals surface area (Å²) in [5, 5.41) is 7.11. The van der Waals surface area contributed by atoms with Crippen molar-refractivity contribution in [2.75, 3.05) is 5.32 Å². The fraction of sp³-hybridized carbons (Fsp3) is 0. The molecule has 104 valence electrons. The first-order valence-electron chi connectivity index (χ1n) is 6.25. The van der Waals surface area contributed by atoms with E-state index in [1.165, 1.54) is 6.20 Å². The van der Waals surface area contributed by atoms with Crippen molar-refractivity contribution in [3.63, 3.8) is 0 Å². The fourth-order valence-corrected chi connectivity index (χ4v) is 2.19. The number of anilines is 1. The first-order chi connectivity index (χ1) is 10.2. The predicted molar refractivity (Wildman–Crippen MR) is 83.5 cm³/mol. The summed E-state index contributed by atoms with van der Waals surface area (Å²) in [6.07, 6.45) is 6.68. The summed E-state index contributed by atoms with van der Waals surface area (Å²) < 4.78 is 2.57. The van der Waals surface area contributed by atoms with Crippen LogP contribution < -0.4 is 5.32 Å². The molecule has 0 aliphatic rings. The van der Waals surface area contributed by atoms with E-state index in [0.717, 1.165) is 10.2 Å². The van der Waals surface area contributed by atoms with E-state index in [2.05, 4.69) is 31.3 Å². The van der Waals surface area contributed by atoms with Crippen molar-refractivity contribution in [1.82, 2.24) is 14.8 Å². The third-order valence-electron chi connectivity index (χ3n) is 2.87. The molecule has 2 aromatic heterocycles. The number of nitrogens with zero attached hydrogens (tertiary/aromatic N) is 3. The van der Waals surface area contributed by atoms with Gasteiger partial charge < -0.3 is 5.32 Å². The van der Waals surface area contributed by atoms with Crippen LogP contribution in [0.4, 0.5) is 5.69 Å². The molecule has 1 amide bonds. The molecule has 1 N–H and O–H groups in total. The Morgan fingerprint density at radius 1 is 1.14 bits per heavy atom. The topological polar surface area (TPSA) is 59.8 Å². The first-order valence-corrected chi connectivity index (χ1v) is 7.04. The van der Waals surface area contributed by atoms with Crippen LogP contribution in [0.2, 0.25) is 0 Å². The van der Waals surface area contributed by atoms with Gasteiger partial charge in [-0.2, -0.15) is 5.10 Å². The zero-order chi connectivity index (χ0) is 14.7. The molecule has 6 heteroatoms. The van der Waals surface area contributed by atoms with Crippen LogP contribution in [0.15, 0.2) is 65.7 Å². The van der Waals surface area contributed by atoms with Gasteiger partial charge in [-0.1, -0.05) is 12.1 Å². The highest BCUT2D eigenvalue weighted by Gasteiger charge is 2.10. The Labute approximate surface area is 129 Å². The predicted octanol–water partition coefficient (Wildman–Crippen LogP) is 3.28. The number of aromatic nitrogens is 3. The molecule has 5 nitrogen and oxygen atoms in total. The van der Waals surface area contributed by atoms with Gasteiger partial charge in [-0.15, -0.1) is 0 Å². The molecule has 1 aromatic carbocycles. The molecule has 0 atom stereocenters. The summed E-state index contributed by atoms with van der Waals surface area (Å²) in [6, 6.07) is 10.9. The van der Waals surface area contributed by atoms with E-state index >= 15 is 0 Å². The highest BCUT2D eigenvalue weighted by molar-refractivity contribution is 9.10. The van der Waals surface area contributed by atoms with E-state index < -0.39 is 0 Å². The second-order valence-corrected chi connectivity index (χ2v) is 5.23. The Kier molecular flexibility index (Phi) is 3.79. The van der Waals surface area contributed by atoms with Crippen molar-refractivity contribution < 1.29 is 4.79 Å². The van der Waals surface area contributed by atoms with Crippen LogP contribution in [0.1, 0.15) is 10.4 Å². The quantitative estimate of drug-likeness (QED) is 0.794. The molecule has 0 saturated heterocycles. The molecule has 2 heterocycles. The van der Waals surface area contributed by atoms with Gasteiger partial charge in [-0.3, -0.25) is 9.78 Å². The molecule has 3 rings (SSSR count). The van der Waals surface area contributed by atoms with Gasteiger partial charge in [-0.25, -0.2) is 4.68 Å². The Hall–Kier alpha value is -2.47. The Balaban J connectivity index is 1.91. The maximum absolute atomic E-state index is 12.2. The molecule has 0 unspecified atom stereocenters. The van der Waals surface area contributed by atoms with E-state index in [-0.39, 0.29) is 5.91 Å². The number of amides is 1. The molecule has 0 aliphatic heterocycles. The Bertz CT molecular complexity index is 770. The summed E-state index contributed by atoms with van der Waals surface area (Å²) >= 11 is 3.36. The van der Waals surface area contributed by atoms with Gasteiger partial charge in [0.05, 0.1) is 27.6 Å². The molecule has 0 saturated carbocycles. The lowest BCUT2D eigenvalue weighted by molar-refractivity contribution is 0.102. The average molecular weight is 343 g/mol. The molecular weight excluding hydrogens is 332 g/mol. The highest BCUT2D eigenvalue weighted by Crippen LogP contribution is 2.21. The number of halogens is 1. The van der Waals surface area contributed by atoms with Crippen LogP contribution in [0, 0.1) is 0 Å². The standard InChI is InChI=1S/C15H11BrN4O/c16-12-9-18-20(10-12)14-6-2-1-5-13(14)19-15(21)11-4-3-7-17-8-11/h1-10H,(H,19,21). The summed E-state index contributed by atoms with van der Waals surface area (Å²) in [6.45, 7) is 0. The normalized spacial score (nSPS) is 10.3. The lowest BCUT2D eigenvalue weighted by atomic mass is 10.2. The largest absolute Gasteiger partial charge is 0.320 e. The number of carbonyl (C=O) groups is 1. The molecular formula is C15H11BrN4O. The number of pyridine rings is 1. The van der Waals surface area contributed by atoms with Crippen LogP contribution in [0.5, 0.6) is 0 Å². The minimum Gasteiger partial charge on any atom is -0.320 e. The van der Waals surface area contributed by atoms with Crippen LogP contribution >= 0.6 is 15.9 Å². The van der Waals surface area contributed by atoms with Crippen LogP contribution in [0.25, 0.3) is 5.69 Å².